The zero-order valence-electron chi connectivity index (χ0n) is 24.2. The lowest BCUT2D eigenvalue weighted by atomic mass is 10.1. The first-order valence-corrected chi connectivity index (χ1v) is 15.8. The largest absolute Gasteiger partial charge is 0.550 e. The molecule has 0 aliphatic rings. The summed E-state index contributed by atoms with van der Waals surface area (Å²) in [6.45, 7) is 1.80. The van der Waals surface area contributed by atoms with Crippen LogP contribution < -0.4 is 5.11 Å². The molecule has 43 heavy (non-hydrogen) atoms. The molecule has 0 heterocycles. The highest BCUT2D eigenvalue weighted by Crippen LogP contribution is 2.35. The summed E-state index contributed by atoms with van der Waals surface area (Å²) in [4.78, 5) is 13.4. The Morgan fingerprint density at radius 3 is 0.907 bits per heavy atom. The van der Waals surface area contributed by atoms with E-state index in [0.717, 1.165) is 0 Å². The molecule has 0 unspecified atom stereocenters. The van der Waals surface area contributed by atoms with Crippen LogP contribution in [0, 0.1) is 0 Å². The molecule has 6 aromatic rings. The van der Waals surface area contributed by atoms with E-state index >= 15 is 0 Å². The Bertz CT molecular complexity index is 1500. The van der Waals surface area contributed by atoms with Crippen molar-refractivity contribution in [3.8, 4) is 33.4 Å². The number of rotatable bonds is 8. The van der Waals surface area contributed by atoms with Crippen LogP contribution in [0.4, 0.5) is 0 Å². The molecule has 0 fully saturated rings. The fraction of sp³-hybridized carbons (Fsp3) is 0.0750. The summed E-state index contributed by atoms with van der Waals surface area (Å²) in [6, 6.07) is 59.0. The van der Waals surface area contributed by atoms with Gasteiger partial charge in [0.05, 0.1) is 10.9 Å². The standard InChI is InChI=1S/C36H27S.C4H8O2/c1-4-10-28(11-5-1)31-16-22-34(23-17-31)37(35-24-18-32(19-25-35)29-12-6-2-7-13-29)36-26-20-33(21-27-36)30-14-8-3-9-15-30;1-2-3-4(5)6/h1-27H;2-3H2,1H3,(H,5,6)/q+1;/p-1. The van der Waals surface area contributed by atoms with Gasteiger partial charge in [-0.3, -0.25) is 0 Å². The Kier molecular flexibility index (Phi) is 10.2. The topological polar surface area (TPSA) is 40.1 Å². The van der Waals surface area contributed by atoms with Crippen LogP contribution in [0.25, 0.3) is 33.4 Å². The SMILES string of the molecule is CCCC(=O)[O-].c1ccc(-c2ccc([S+](c3ccc(-c4ccccc4)cc3)c3ccc(-c4ccccc4)cc3)cc2)cc1. The van der Waals surface area contributed by atoms with Gasteiger partial charge < -0.3 is 9.90 Å². The Morgan fingerprint density at radius 1 is 0.442 bits per heavy atom. The zero-order valence-corrected chi connectivity index (χ0v) is 25.0. The molecule has 6 rings (SSSR count). The van der Waals surface area contributed by atoms with E-state index in [1.807, 2.05) is 0 Å². The molecule has 3 heteroatoms. The van der Waals surface area contributed by atoms with Crippen molar-refractivity contribution in [2.75, 3.05) is 0 Å². The molecule has 0 spiro atoms. The number of carboxylic acids is 1. The molecule has 0 saturated carbocycles. The van der Waals surface area contributed by atoms with E-state index < -0.39 is 5.97 Å². The van der Waals surface area contributed by atoms with Crippen molar-refractivity contribution in [1.29, 1.82) is 0 Å². The van der Waals surface area contributed by atoms with Crippen LogP contribution in [0.1, 0.15) is 19.8 Å². The lowest BCUT2D eigenvalue weighted by Gasteiger charge is -2.11. The predicted molar refractivity (Wildman–Crippen MR) is 178 cm³/mol. The summed E-state index contributed by atoms with van der Waals surface area (Å²) in [5, 5.41) is 9.49. The normalized spacial score (nSPS) is 10.6. The van der Waals surface area contributed by atoms with Gasteiger partial charge in [0.2, 0.25) is 0 Å². The van der Waals surface area contributed by atoms with E-state index in [9.17, 15) is 9.90 Å². The molecule has 0 amide bonds. The monoisotopic (exact) mass is 578 g/mol. The van der Waals surface area contributed by atoms with Crippen molar-refractivity contribution in [1.82, 2.24) is 0 Å². The maximum absolute atomic E-state index is 9.49. The molecule has 0 radical (unpaired) electrons. The van der Waals surface area contributed by atoms with Crippen LogP contribution in [0.3, 0.4) is 0 Å². The fourth-order valence-corrected chi connectivity index (χ4v) is 6.90. The number of aliphatic carboxylic acids is 1. The third-order valence-corrected chi connectivity index (χ3v) is 9.28. The van der Waals surface area contributed by atoms with Crippen LogP contribution in [-0.2, 0) is 15.7 Å². The predicted octanol–water partition coefficient (Wildman–Crippen LogP) is 9.32. The van der Waals surface area contributed by atoms with Crippen molar-refractivity contribution in [3.05, 3.63) is 164 Å². The molecule has 0 aromatic heterocycles. The first-order chi connectivity index (χ1) is 21.1. The summed E-state index contributed by atoms with van der Waals surface area (Å²) >= 11 is 0. The Morgan fingerprint density at radius 2 is 0.698 bits per heavy atom. The van der Waals surface area contributed by atoms with Crippen molar-refractivity contribution < 1.29 is 9.90 Å². The highest BCUT2D eigenvalue weighted by molar-refractivity contribution is 7.97. The lowest BCUT2D eigenvalue weighted by molar-refractivity contribution is -0.305. The van der Waals surface area contributed by atoms with E-state index in [-0.39, 0.29) is 17.3 Å². The van der Waals surface area contributed by atoms with E-state index in [1.54, 1.807) is 6.92 Å². The van der Waals surface area contributed by atoms with Gasteiger partial charge >= 0.3 is 0 Å². The molecule has 0 atom stereocenters. The lowest BCUT2D eigenvalue weighted by Crippen LogP contribution is -2.20. The first-order valence-electron chi connectivity index (χ1n) is 14.5. The summed E-state index contributed by atoms with van der Waals surface area (Å²) < 4.78 is 0. The number of benzene rings is 6. The van der Waals surface area contributed by atoms with Crippen molar-refractivity contribution in [3.63, 3.8) is 0 Å². The van der Waals surface area contributed by atoms with Crippen LogP contribution in [0.15, 0.2) is 178 Å². The molecule has 0 N–H and O–H groups in total. The Labute approximate surface area is 257 Å². The third kappa shape index (κ3) is 7.91. The molecule has 0 aliphatic heterocycles. The van der Waals surface area contributed by atoms with E-state index in [0.29, 0.717) is 6.42 Å². The van der Waals surface area contributed by atoms with Gasteiger partial charge in [-0.05, 0) is 113 Å². The number of hydrogen-bond donors (Lipinski definition) is 0. The molecule has 0 saturated heterocycles. The third-order valence-electron chi connectivity index (χ3n) is 7.05. The maximum Gasteiger partial charge on any atom is 0.166 e. The molecule has 0 bridgehead atoms. The maximum atomic E-state index is 9.49. The summed E-state index contributed by atoms with van der Waals surface area (Å²) in [7, 11) is -0.209. The minimum Gasteiger partial charge on any atom is -0.550 e. The summed E-state index contributed by atoms with van der Waals surface area (Å²) in [5.74, 6) is -0.961. The fourth-order valence-electron chi connectivity index (χ4n) is 4.85. The van der Waals surface area contributed by atoms with Gasteiger partial charge in [-0.2, -0.15) is 0 Å². The molecule has 2 nitrogen and oxygen atoms in total. The van der Waals surface area contributed by atoms with Gasteiger partial charge in [-0.15, -0.1) is 0 Å². The van der Waals surface area contributed by atoms with Gasteiger partial charge in [0.25, 0.3) is 0 Å². The summed E-state index contributed by atoms with van der Waals surface area (Å²) in [6.07, 6.45) is 0.850. The average molecular weight is 579 g/mol. The smallest absolute Gasteiger partial charge is 0.166 e. The van der Waals surface area contributed by atoms with Crippen LogP contribution >= 0.6 is 0 Å². The van der Waals surface area contributed by atoms with Crippen LogP contribution in [-0.4, -0.2) is 5.97 Å². The number of hydrogen-bond acceptors (Lipinski definition) is 2. The van der Waals surface area contributed by atoms with E-state index in [2.05, 4.69) is 164 Å². The average Bonchev–Trinajstić information content (AvgIpc) is 3.07. The minimum atomic E-state index is -0.961. The minimum absolute atomic E-state index is 0.181. The van der Waals surface area contributed by atoms with Crippen LogP contribution in [0.2, 0.25) is 0 Å². The van der Waals surface area contributed by atoms with Crippen molar-refractivity contribution in [2.45, 2.75) is 34.5 Å². The molecule has 212 valence electrons. The molecular formula is C40H34O2S. The van der Waals surface area contributed by atoms with Crippen molar-refractivity contribution >= 4 is 16.9 Å². The first kappa shape index (κ1) is 29.6. The highest BCUT2D eigenvalue weighted by atomic mass is 32.2. The quantitative estimate of drug-likeness (QED) is 0.169. The van der Waals surface area contributed by atoms with Gasteiger partial charge in [-0.1, -0.05) is 104 Å². The van der Waals surface area contributed by atoms with E-state index in [1.165, 1.54) is 48.1 Å². The van der Waals surface area contributed by atoms with Gasteiger partial charge in [0.1, 0.15) is 0 Å². The van der Waals surface area contributed by atoms with Gasteiger partial charge in [0, 0.05) is 5.97 Å². The van der Waals surface area contributed by atoms with Crippen molar-refractivity contribution in [2.24, 2.45) is 0 Å². The highest BCUT2D eigenvalue weighted by Gasteiger charge is 2.28. The molecular weight excluding hydrogens is 545 g/mol. The van der Waals surface area contributed by atoms with Gasteiger partial charge in [0.15, 0.2) is 14.7 Å². The van der Waals surface area contributed by atoms with Crippen LogP contribution in [0.5, 0.6) is 0 Å². The Balaban J connectivity index is 0.000000559. The second kappa shape index (κ2) is 14.9. The number of carbonyl (C=O) groups excluding carboxylic acids is 1. The summed E-state index contributed by atoms with van der Waals surface area (Å²) in [5.41, 5.74) is 7.46. The molecule has 0 aliphatic carbocycles. The zero-order chi connectivity index (χ0) is 29.9. The second-order valence-electron chi connectivity index (χ2n) is 10.1. The number of carboxylic acid groups (broad SMARTS) is 1. The van der Waals surface area contributed by atoms with E-state index in [4.69, 9.17) is 0 Å². The van der Waals surface area contributed by atoms with Gasteiger partial charge in [-0.25, -0.2) is 0 Å². The Hall–Kier alpha value is -4.86. The molecule has 6 aromatic carbocycles. The number of carbonyl (C=O) groups is 1. The second-order valence-corrected chi connectivity index (χ2v) is 12.1.